The fourth-order valence-corrected chi connectivity index (χ4v) is 1.71. The minimum absolute atomic E-state index is 0.324. The molecule has 0 atom stereocenters. The van der Waals surface area contributed by atoms with Gasteiger partial charge in [0.2, 0.25) is 0 Å². The first-order chi connectivity index (χ1) is 6.68. The van der Waals surface area contributed by atoms with Crippen LogP contribution in [0.5, 0.6) is 0 Å². The summed E-state index contributed by atoms with van der Waals surface area (Å²) in [5.74, 6) is 2.78. The van der Waals surface area contributed by atoms with Crippen molar-refractivity contribution >= 4 is 11.8 Å². The Labute approximate surface area is 89.2 Å². The number of hydrogen-bond acceptors (Lipinski definition) is 4. The zero-order valence-corrected chi connectivity index (χ0v) is 9.76. The maximum absolute atomic E-state index is 5.42. The van der Waals surface area contributed by atoms with Crippen LogP contribution in [0.3, 0.4) is 0 Å². The molecule has 0 N–H and O–H groups in total. The molecule has 0 radical (unpaired) electrons. The lowest BCUT2D eigenvalue weighted by Gasteiger charge is -2.05. The quantitative estimate of drug-likeness (QED) is 0.683. The smallest absolute Gasteiger partial charge is 0.133 e. The zero-order valence-electron chi connectivity index (χ0n) is 8.95. The van der Waals surface area contributed by atoms with Gasteiger partial charge in [0.1, 0.15) is 5.76 Å². The Kier molecular flexibility index (Phi) is 5.04. The van der Waals surface area contributed by atoms with Gasteiger partial charge in [-0.2, -0.15) is 11.8 Å². The van der Waals surface area contributed by atoms with Crippen LogP contribution in [-0.2, 0) is 10.5 Å². The third kappa shape index (κ3) is 4.67. The number of hydrogen-bond donors (Lipinski definition) is 0. The van der Waals surface area contributed by atoms with Crippen molar-refractivity contribution in [1.29, 1.82) is 0 Å². The van der Waals surface area contributed by atoms with Gasteiger partial charge in [-0.25, -0.2) is 0 Å². The second-order valence-electron chi connectivity index (χ2n) is 3.40. The van der Waals surface area contributed by atoms with E-state index in [0.717, 1.165) is 29.6 Å². The Morgan fingerprint density at radius 3 is 2.93 bits per heavy atom. The molecule has 0 fully saturated rings. The Morgan fingerprint density at radius 1 is 1.57 bits per heavy atom. The standard InChI is InChI=1S/C10H17NO2S/c1-8(2)12-4-5-14-7-10-6-9(3)13-11-10/h6,8H,4-5,7H2,1-3H3. The largest absolute Gasteiger partial charge is 0.378 e. The molecule has 0 aliphatic carbocycles. The fraction of sp³-hybridized carbons (Fsp3) is 0.700. The third-order valence-electron chi connectivity index (χ3n) is 1.61. The molecule has 0 amide bonds. The zero-order chi connectivity index (χ0) is 10.4. The van der Waals surface area contributed by atoms with E-state index < -0.39 is 0 Å². The van der Waals surface area contributed by atoms with E-state index in [-0.39, 0.29) is 0 Å². The number of thioether (sulfide) groups is 1. The first kappa shape index (κ1) is 11.6. The summed E-state index contributed by atoms with van der Waals surface area (Å²) in [5, 5.41) is 3.91. The van der Waals surface area contributed by atoms with Crippen molar-refractivity contribution in [2.75, 3.05) is 12.4 Å². The molecule has 0 bridgehead atoms. The molecule has 80 valence electrons. The Bertz CT molecular complexity index is 260. The maximum Gasteiger partial charge on any atom is 0.133 e. The van der Waals surface area contributed by atoms with Crippen molar-refractivity contribution < 1.29 is 9.26 Å². The van der Waals surface area contributed by atoms with Crippen molar-refractivity contribution in [2.45, 2.75) is 32.6 Å². The molecule has 0 saturated heterocycles. The summed E-state index contributed by atoms with van der Waals surface area (Å²) in [7, 11) is 0. The molecule has 0 aliphatic heterocycles. The monoisotopic (exact) mass is 215 g/mol. The van der Waals surface area contributed by atoms with Crippen molar-refractivity contribution in [3.05, 3.63) is 17.5 Å². The second-order valence-corrected chi connectivity index (χ2v) is 4.51. The Morgan fingerprint density at radius 2 is 2.36 bits per heavy atom. The predicted octanol–water partition coefficient (Wildman–Crippen LogP) is 2.64. The molecule has 0 unspecified atom stereocenters. The highest BCUT2D eigenvalue weighted by Gasteiger charge is 2.00. The van der Waals surface area contributed by atoms with Gasteiger partial charge in [0.25, 0.3) is 0 Å². The van der Waals surface area contributed by atoms with Crippen molar-refractivity contribution in [3.63, 3.8) is 0 Å². The molecule has 3 nitrogen and oxygen atoms in total. The van der Waals surface area contributed by atoms with Crippen LogP contribution < -0.4 is 0 Å². The molecular weight excluding hydrogens is 198 g/mol. The topological polar surface area (TPSA) is 35.3 Å². The van der Waals surface area contributed by atoms with Crippen LogP contribution in [0.2, 0.25) is 0 Å². The van der Waals surface area contributed by atoms with Crippen molar-refractivity contribution in [1.82, 2.24) is 5.16 Å². The summed E-state index contributed by atoms with van der Waals surface area (Å²) in [4.78, 5) is 0. The third-order valence-corrected chi connectivity index (χ3v) is 2.56. The summed E-state index contributed by atoms with van der Waals surface area (Å²) in [6.07, 6.45) is 0.324. The van der Waals surface area contributed by atoms with Crippen molar-refractivity contribution in [3.8, 4) is 0 Å². The first-order valence-electron chi connectivity index (χ1n) is 4.80. The highest BCUT2D eigenvalue weighted by atomic mass is 32.2. The van der Waals surface area contributed by atoms with Crippen LogP contribution in [0.15, 0.2) is 10.6 Å². The number of ether oxygens (including phenoxy) is 1. The predicted molar refractivity (Wildman–Crippen MR) is 58.5 cm³/mol. The normalized spacial score (nSPS) is 11.1. The minimum atomic E-state index is 0.324. The Hall–Kier alpha value is -0.480. The van der Waals surface area contributed by atoms with Gasteiger partial charge in [-0.3, -0.25) is 0 Å². The van der Waals surface area contributed by atoms with Crippen LogP contribution in [-0.4, -0.2) is 23.6 Å². The van der Waals surface area contributed by atoms with Crippen LogP contribution >= 0.6 is 11.8 Å². The van der Waals surface area contributed by atoms with Crippen LogP contribution in [0.25, 0.3) is 0 Å². The average Bonchev–Trinajstić information content (AvgIpc) is 2.50. The average molecular weight is 215 g/mol. The second kappa shape index (κ2) is 6.09. The number of rotatable bonds is 6. The van der Waals surface area contributed by atoms with E-state index >= 15 is 0 Å². The van der Waals surface area contributed by atoms with Gasteiger partial charge in [-0.15, -0.1) is 0 Å². The van der Waals surface area contributed by atoms with Gasteiger partial charge in [0, 0.05) is 17.6 Å². The lowest BCUT2D eigenvalue weighted by atomic mass is 10.4. The number of aromatic nitrogens is 1. The number of aryl methyl sites for hydroxylation is 1. The molecule has 0 spiro atoms. The molecule has 1 rings (SSSR count). The van der Waals surface area contributed by atoms with Gasteiger partial charge < -0.3 is 9.26 Å². The summed E-state index contributed by atoms with van der Waals surface area (Å²) in [6, 6.07) is 1.97. The summed E-state index contributed by atoms with van der Waals surface area (Å²) >= 11 is 1.81. The molecule has 0 aromatic carbocycles. The number of nitrogens with zero attached hydrogens (tertiary/aromatic N) is 1. The van der Waals surface area contributed by atoms with Gasteiger partial charge >= 0.3 is 0 Å². The van der Waals surface area contributed by atoms with E-state index in [1.54, 1.807) is 0 Å². The summed E-state index contributed by atoms with van der Waals surface area (Å²) in [5.41, 5.74) is 1.01. The van der Waals surface area contributed by atoms with Crippen molar-refractivity contribution in [2.24, 2.45) is 0 Å². The highest BCUT2D eigenvalue weighted by Crippen LogP contribution is 2.11. The molecule has 1 aromatic rings. The summed E-state index contributed by atoms with van der Waals surface area (Å²) < 4.78 is 10.4. The molecule has 1 aromatic heterocycles. The summed E-state index contributed by atoms with van der Waals surface area (Å²) in [6.45, 7) is 6.81. The Balaban J connectivity index is 2.04. The van der Waals surface area contributed by atoms with Crippen LogP contribution in [0, 0.1) is 6.92 Å². The van der Waals surface area contributed by atoms with E-state index in [4.69, 9.17) is 9.26 Å². The maximum atomic E-state index is 5.42. The minimum Gasteiger partial charge on any atom is -0.378 e. The van der Waals surface area contributed by atoms with Crippen LogP contribution in [0.1, 0.15) is 25.3 Å². The lowest BCUT2D eigenvalue weighted by molar-refractivity contribution is 0.0920. The van der Waals surface area contributed by atoms with Gasteiger partial charge in [-0.1, -0.05) is 5.16 Å². The molecular formula is C10H17NO2S. The SMILES string of the molecule is Cc1cc(CSCCOC(C)C)no1. The van der Waals surface area contributed by atoms with Gasteiger partial charge in [0.05, 0.1) is 18.4 Å². The first-order valence-corrected chi connectivity index (χ1v) is 5.95. The van der Waals surface area contributed by atoms with Gasteiger partial charge in [-0.05, 0) is 20.8 Å². The molecule has 14 heavy (non-hydrogen) atoms. The molecule has 0 saturated carbocycles. The van der Waals surface area contributed by atoms with Gasteiger partial charge in [0.15, 0.2) is 0 Å². The van der Waals surface area contributed by atoms with E-state index in [1.807, 2.05) is 38.6 Å². The molecule has 4 heteroatoms. The molecule has 0 aliphatic rings. The highest BCUT2D eigenvalue weighted by molar-refractivity contribution is 7.98. The van der Waals surface area contributed by atoms with E-state index in [9.17, 15) is 0 Å². The lowest BCUT2D eigenvalue weighted by Crippen LogP contribution is -2.05. The molecule has 1 heterocycles. The van der Waals surface area contributed by atoms with E-state index in [0.29, 0.717) is 6.10 Å². The fourth-order valence-electron chi connectivity index (χ4n) is 1.01. The van der Waals surface area contributed by atoms with E-state index in [2.05, 4.69) is 5.16 Å². The van der Waals surface area contributed by atoms with E-state index in [1.165, 1.54) is 0 Å². The van der Waals surface area contributed by atoms with Crippen LogP contribution in [0.4, 0.5) is 0 Å².